The smallest absolute Gasteiger partial charge is 0.308 e. The van der Waals surface area contributed by atoms with Gasteiger partial charge in [0.15, 0.2) is 11.5 Å². The van der Waals surface area contributed by atoms with E-state index in [-0.39, 0.29) is 25.2 Å². The molecule has 11 nitrogen and oxygen atoms in total. The summed E-state index contributed by atoms with van der Waals surface area (Å²) in [5.74, 6) is -0.495. The van der Waals surface area contributed by atoms with Crippen LogP contribution in [0.3, 0.4) is 0 Å². The third kappa shape index (κ3) is 6.94. The topological polar surface area (TPSA) is 135 Å². The molecule has 0 aromatic heterocycles. The summed E-state index contributed by atoms with van der Waals surface area (Å²) in [7, 11) is 1.54. The first-order chi connectivity index (χ1) is 20.1. The Morgan fingerprint density at radius 1 is 1.19 bits per heavy atom. The molecule has 2 fully saturated rings. The van der Waals surface area contributed by atoms with Crippen LogP contribution in [0.1, 0.15) is 70.8 Å². The van der Waals surface area contributed by atoms with Gasteiger partial charge in [0.2, 0.25) is 24.4 Å². The summed E-state index contributed by atoms with van der Waals surface area (Å²) in [4.78, 5) is 45.4. The van der Waals surface area contributed by atoms with Gasteiger partial charge in [0.1, 0.15) is 0 Å². The summed E-state index contributed by atoms with van der Waals surface area (Å²) in [6.07, 6.45) is 4.80. The number of fused-ring (bicyclic) bond motifs is 1. The zero-order valence-corrected chi connectivity index (χ0v) is 25.6. The number of aliphatic carboxylic acids is 1. The first kappa shape index (κ1) is 31.9. The molecule has 4 rings (SSSR count). The van der Waals surface area contributed by atoms with E-state index in [2.05, 4.69) is 6.92 Å². The fourth-order valence-electron chi connectivity index (χ4n) is 6.54. The van der Waals surface area contributed by atoms with Crippen molar-refractivity contribution < 1.29 is 33.7 Å². The highest BCUT2D eigenvalue weighted by atomic mass is 16.7. The van der Waals surface area contributed by atoms with Crippen LogP contribution in [0.15, 0.2) is 12.1 Å². The third-order valence-electron chi connectivity index (χ3n) is 9.06. The molecule has 3 N–H and O–H groups in total. The highest BCUT2D eigenvalue weighted by molar-refractivity contribution is 5.84. The van der Waals surface area contributed by atoms with Gasteiger partial charge in [-0.1, -0.05) is 27.2 Å². The fourth-order valence-corrected chi connectivity index (χ4v) is 6.54. The number of amides is 2. The summed E-state index contributed by atoms with van der Waals surface area (Å²) in [5, 5.41) is 10.6. The van der Waals surface area contributed by atoms with Crippen molar-refractivity contribution in [3.8, 4) is 17.2 Å². The molecule has 0 saturated carbocycles. The molecule has 3 aliphatic rings. The maximum atomic E-state index is 13.7. The fraction of sp³-hybridized carbons (Fsp3) is 0.710. The van der Waals surface area contributed by atoms with Gasteiger partial charge in [0, 0.05) is 50.1 Å². The van der Waals surface area contributed by atoms with Crippen molar-refractivity contribution in [3.05, 3.63) is 17.7 Å². The molecule has 1 aromatic carbocycles. The summed E-state index contributed by atoms with van der Waals surface area (Å²) in [6.45, 7) is 9.58. The molecule has 3 heterocycles. The van der Waals surface area contributed by atoms with Crippen molar-refractivity contribution in [2.45, 2.75) is 71.3 Å². The minimum Gasteiger partial charge on any atom is -0.493 e. The number of hydrogen-bond acceptors (Lipinski definition) is 8. The molecule has 3 aliphatic heterocycles. The first-order valence-electron chi connectivity index (χ1n) is 15.3. The van der Waals surface area contributed by atoms with Gasteiger partial charge in [0.05, 0.1) is 19.6 Å². The maximum absolute atomic E-state index is 13.7. The molecule has 11 heteroatoms. The number of carbonyl (C=O) groups is 3. The number of methoxy groups -OCH3 is 1. The van der Waals surface area contributed by atoms with E-state index in [4.69, 9.17) is 19.9 Å². The van der Waals surface area contributed by atoms with Crippen LogP contribution in [-0.4, -0.2) is 103 Å². The first-order valence-corrected chi connectivity index (χ1v) is 15.3. The van der Waals surface area contributed by atoms with Gasteiger partial charge in [-0.3, -0.25) is 19.3 Å². The second-order valence-electron chi connectivity index (χ2n) is 12.4. The lowest BCUT2D eigenvalue weighted by Gasteiger charge is -2.31. The second kappa shape index (κ2) is 13.9. The van der Waals surface area contributed by atoms with Crippen molar-refractivity contribution in [2.75, 3.05) is 59.7 Å². The largest absolute Gasteiger partial charge is 0.493 e. The molecular formula is C31H48N4O7. The molecule has 2 amide bonds. The van der Waals surface area contributed by atoms with Crippen LogP contribution in [0.2, 0.25) is 0 Å². The summed E-state index contributed by atoms with van der Waals surface area (Å²) in [5.41, 5.74) is 6.06. The minimum atomic E-state index is -0.921. The van der Waals surface area contributed by atoms with E-state index >= 15 is 0 Å². The lowest BCUT2D eigenvalue weighted by molar-refractivity contribution is -0.144. The molecule has 0 aliphatic carbocycles. The number of carboxylic acid groups (broad SMARTS) is 1. The van der Waals surface area contributed by atoms with E-state index in [9.17, 15) is 19.5 Å². The standard InChI is InChI=1S/C31H48N4O7/c1-5-6-12-33(13-8-7-11-32)26(36)19-35-18-22(21-16-24(40-4)28-25(17-21)41-20-42-28)27(29(37)38)23(35)9-14-34-15-10-31(2,3)30(34)39/h16-17,22-23,27H,5-15,18-20,32H2,1-4H3,(H,37,38)/t22-,23+,27?/m1/s1. The average molecular weight is 589 g/mol. The Kier molecular flexibility index (Phi) is 10.6. The van der Waals surface area contributed by atoms with E-state index in [1.54, 1.807) is 7.11 Å². The second-order valence-corrected chi connectivity index (χ2v) is 12.4. The van der Waals surface area contributed by atoms with Crippen molar-refractivity contribution in [1.29, 1.82) is 0 Å². The van der Waals surface area contributed by atoms with Crippen molar-refractivity contribution in [1.82, 2.24) is 14.7 Å². The number of likely N-dealkylation sites (tertiary alicyclic amines) is 2. The third-order valence-corrected chi connectivity index (χ3v) is 9.06. The summed E-state index contributed by atoms with van der Waals surface area (Å²) in [6, 6.07) is 3.23. The van der Waals surface area contributed by atoms with E-state index in [1.807, 2.05) is 40.7 Å². The number of carbonyl (C=O) groups excluding carboxylic acids is 2. The zero-order valence-electron chi connectivity index (χ0n) is 25.6. The van der Waals surface area contributed by atoms with Crippen LogP contribution < -0.4 is 19.9 Å². The summed E-state index contributed by atoms with van der Waals surface area (Å²) < 4.78 is 16.8. The molecule has 2 saturated heterocycles. The molecular weight excluding hydrogens is 540 g/mol. The molecule has 0 radical (unpaired) electrons. The predicted octanol–water partition coefficient (Wildman–Crippen LogP) is 2.91. The van der Waals surface area contributed by atoms with Crippen LogP contribution in [0.25, 0.3) is 0 Å². The Morgan fingerprint density at radius 2 is 1.95 bits per heavy atom. The number of rotatable bonds is 15. The number of nitrogens with two attached hydrogens (primary N) is 1. The monoisotopic (exact) mass is 588 g/mol. The Hall–Kier alpha value is -3.05. The summed E-state index contributed by atoms with van der Waals surface area (Å²) >= 11 is 0. The molecule has 0 bridgehead atoms. The number of hydrogen-bond donors (Lipinski definition) is 2. The number of ether oxygens (including phenoxy) is 3. The number of nitrogens with zero attached hydrogens (tertiary/aromatic N) is 3. The average Bonchev–Trinajstić information content (AvgIpc) is 3.65. The van der Waals surface area contributed by atoms with Crippen LogP contribution in [-0.2, 0) is 14.4 Å². The van der Waals surface area contributed by atoms with Gasteiger partial charge in [-0.15, -0.1) is 0 Å². The van der Waals surface area contributed by atoms with Crippen LogP contribution in [0, 0.1) is 11.3 Å². The zero-order chi connectivity index (χ0) is 30.4. The Balaban J connectivity index is 1.62. The lowest BCUT2D eigenvalue weighted by atomic mass is 9.84. The van der Waals surface area contributed by atoms with Gasteiger partial charge >= 0.3 is 5.97 Å². The van der Waals surface area contributed by atoms with Gasteiger partial charge in [-0.05, 0) is 56.3 Å². The maximum Gasteiger partial charge on any atom is 0.308 e. The van der Waals surface area contributed by atoms with Crippen LogP contribution in [0.5, 0.6) is 17.2 Å². The van der Waals surface area contributed by atoms with Gasteiger partial charge in [-0.25, -0.2) is 0 Å². The SMILES string of the molecule is CCCCN(CCCCN)C(=O)CN1C[C@H](c2cc(OC)c3c(c2)OCO3)C(C(=O)O)[C@@H]1CCN1CCC(C)(C)C1=O. The van der Waals surface area contributed by atoms with Gasteiger partial charge < -0.3 is 34.9 Å². The molecule has 234 valence electrons. The molecule has 1 aromatic rings. The van der Waals surface area contributed by atoms with Crippen molar-refractivity contribution in [2.24, 2.45) is 17.1 Å². The normalized spacial score (nSPS) is 23.0. The Labute approximate surface area is 249 Å². The van der Waals surface area contributed by atoms with Crippen LogP contribution >= 0.6 is 0 Å². The lowest BCUT2D eigenvalue weighted by Crippen LogP contribution is -2.46. The van der Waals surface area contributed by atoms with E-state index in [1.165, 1.54) is 0 Å². The van der Waals surface area contributed by atoms with E-state index in [0.717, 1.165) is 37.7 Å². The van der Waals surface area contributed by atoms with E-state index in [0.29, 0.717) is 62.9 Å². The van der Waals surface area contributed by atoms with Gasteiger partial charge in [0.25, 0.3) is 0 Å². The highest BCUT2D eigenvalue weighted by Gasteiger charge is 2.48. The predicted molar refractivity (Wildman–Crippen MR) is 158 cm³/mol. The molecule has 3 atom stereocenters. The van der Waals surface area contributed by atoms with Crippen molar-refractivity contribution >= 4 is 17.8 Å². The molecule has 0 spiro atoms. The van der Waals surface area contributed by atoms with Crippen LogP contribution in [0.4, 0.5) is 0 Å². The van der Waals surface area contributed by atoms with Gasteiger partial charge in [-0.2, -0.15) is 0 Å². The van der Waals surface area contributed by atoms with Crippen molar-refractivity contribution in [3.63, 3.8) is 0 Å². The number of unbranched alkanes of at least 4 members (excludes halogenated alkanes) is 2. The molecule has 1 unspecified atom stereocenters. The molecule has 42 heavy (non-hydrogen) atoms. The minimum absolute atomic E-state index is 0.00286. The number of benzene rings is 1. The Bertz CT molecular complexity index is 1130. The quantitative estimate of drug-likeness (QED) is 0.297. The van der Waals surface area contributed by atoms with E-state index < -0.39 is 29.3 Å². The highest BCUT2D eigenvalue weighted by Crippen LogP contribution is 2.47. The number of carboxylic acids is 1. The Morgan fingerprint density at radius 3 is 2.60 bits per heavy atom.